The molecule has 3 rings (SSSR count). The van der Waals surface area contributed by atoms with Crippen LogP contribution in [0.1, 0.15) is 5.56 Å². The molecule has 21 heavy (non-hydrogen) atoms. The second-order valence-corrected chi connectivity index (χ2v) is 5.23. The number of nitrogens with zero attached hydrogens (tertiary/aromatic N) is 2. The Balaban J connectivity index is 1.90. The van der Waals surface area contributed by atoms with Crippen LogP contribution in [0, 0.1) is 0 Å². The van der Waals surface area contributed by atoms with E-state index in [1.807, 2.05) is 24.3 Å². The Morgan fingerprint density at radius 2 is 2.10 bits per heavy atom. The largest absolute Gasteiger partial charge is 0.380 e. The van der Waals surface area contributed by atoms with E-state index in [0.717, 1.165) is 22.2 Å². The first-order chi connectivity index (χ1) is 10.1. The van der Waals surface area contributed by atoms with Gasteiger partial charge in [-0.3, -0.25) is 9.78 Å². The molecule has 4 nitrogen and oxygen atoms in total. The molecular weight excluding hydrogens is 286 g/mol. The summed E-state index contributed by atoms with van der Waals surface area (Å²) in [6.45, 7) is 0.614. The number of rotatable bonds is 3. The van der Waals surface area contributed by atoms with E-state index in [0.29, 0.717) is 11.6 Å². The molecule has 106 valence electrons. The Morgan fingerprint density at radius 3 is 2.90 bits per heavy atom. The third-order valence-corrected chi connectivity index (χ3v) is 3.70. The third-order valence-electron chi connectivity index (χ3n) is 3.37. The lowest BCUT2D eigenvalue weighted by Crippen LogP contribution is -2.15. The number of hydrogen-bond acceptors (Lipinski definition) is 3. The SMILES string of the molecule is Cn1cc(NCc2ccc(Cl)c3cccnc23)ccc1=O. The van der Waals surface area contributed by atoms with Gasteiger partial charge in [-0.15, -0.1) is 0 Å². The molecule has 0 spiro atoms. The summed E-state index contributed by atoms with van der Waals surface area (Å²) in [4.78, 5) is 15.8. The molecule has 0 fully saturated rings. The molecule has 0 amide bonds. The van der Waals surface area contributed by atoms with Gasteiger partial charge in [0.2, 0.25) is 5.56 Å². The van der Waals surface area contributed by atoms with Gasteiger partial charge in [0.25, 0.3) is 0 Å². The van der Waals surface area contributed by atoms with Crippen molar-refractivity contribution in [2.45, 2.75) is 6.54 Å². The molecule has 2 heterocycles. The third kappa shape index (κ3) is 2.76. The van der Waals surface area contributed by atoms with E-state index < -0.39 is 0 Å². The summed E-state index contributed by atoms with van der Waals surface area (Å²) in [5.41, 5.74) is 2.81. The number of anilines is 1. The second kappa shape index (κ2) is 5.58. The molecular formula is C16H14ClN3O. The molecule has 5 heteroatoms. The Kier molecular flexibility index (Phi) is 3.62. The highest BCUT2D eigenvalue weighted by Gasteiger charge is 2.05. The van der Waals surface area contributed by atoms with Gasteiger partial charge in [0.1, 0.15) is 0 Å². The quantitative estimate of drug-likeness (QED) is 0.808. The van der Waals surface area contributed by atoms with Gasteiger partial charge >= 0.3 is 0 Å². The Morgan fingerprint density at radius 1 is 1.24 bits per heavy atom. The number of nitrogens with one attached hydrogen (secondary N) is 1. The van der Waals surface area contributed by atoms with Gasteiger partial charge in [-0.2, -0.15) is 0 Å². The molecule has 2 aromatic heterocycles. The Bertz CT molecular complexity index is 858. The highest BCUT2D eigenvalue weighted by atomic mass is 35.5. The highest BCUT2D eigenvalue weighted by Crippen LogP contribution is 2.25. The Labute approximate surface area is 127 Å². The van der Waals surface area contributed by atoms with Crippen molar-refractivity contribution in [2.24, 2.45) is 7.05 Å². The normalized spacial score (nSPS) is 10.8. The van der Waals surface area contributed by atoms with Crippen molar-refractivity contribution < 1.29 is 0 Å². The summed E-state index contributed by atoms with van der Waals surface area (Å²) in [7, 11) is 1.73. The van der Waals surface area contributed by atoms with E-state index in [9.17, 15) is 4.79 Å². The van der Waals surface area contributed by atoms with Gasteiger partial charge in [0.05, 0.1) is 11.2 Å². The predicted molar refractivity (Wildman–Crippen MR) is 85.8 cm³/mol. The number of hydrogen-bond donors (Lipinski definition) is 1. The fraction of sp³-hybridized carbons (Fsp3) is 0.125. The molecule has 0 atom stereocenters. The van der Waals surface area contributed by atoms with Gasteiger partial charge in [0.15, 0.2) is 0 Å². The molecule has 1 aromatic carbocycles. The first-order valence-electron chi connectivity index (χ1n) is 6.58. The van der Waals surface area contributed by atoms with Gasteiger partial charge in [0, 0.05) is 42.5 Å². The molecule has 0 bridgehead atoms. The monoisotopic (exact) mass is 299 g/mol. The average Bonchev–Trinajstić information content (AvgIpc) is 2.50. The zero-order chi connectivity index (χ0) is 14.8. The van der Waals surface area contributed by atoms with Crippen LogP contribution in [-0.2, 0) is 13.6 Å². The van der Waals surface area contributed by atoms with Crippen LogP contribution in [0.4, 0.5) is 5.69 Å². The zero-order valence-corrected chi connectivity index (χ0v) is 12.3. The zero-order valence-electron chi connectivity index (χ0n) is 11.5. The van der Waals surface area contributed by atoms with E-state index in [2.05, 4.69) is 10.3 Å². The van der Waals surface area contributed by atoms with E-state index >= 15 is 0 Å². The smallest absolute Gasteiger partial charge is 0.250 e. The molecule has 0 aliphatic rings. The predicted octanol–water partition coefficient (Wildman–Crippen LogP) is 3.20. The van der Waals surface area contributed by atoms with Crippen LogP contribution >= 0.6 is 11.6 Å². The van der Waals surface area contributed by atoms with E-state index in [-0.39, 0.29) is 5.56 Å². The number of pyridine rings is 2. The van der Waals surface area contributed by atoms with Crippen molar-refractivity contribution >= 4 is 28.2 Å². The standard InChI is InChI=1S/C16H14ClN3O/c1-20-10-12(5-7-15(20)21)19-9-11-4-6-14(17)13-3-2-8-18-16(11)13/h2-8,10,19H,9H2,1H3. The molecule has 0 saturated heterocycles. The topological polar surface area (TPSA) is 46.9 Å². The van der Waals surface area contributed by atoms with Crippen LogP contribution < -0.4 is 10.9 Å². The maximum Gasteiger partial charge on any atom is 0.250 e. The lowest BCUT2D eigenvalue weighted by Gasteiger charge is -2.10. The van der Waals surface area contributed by atoms with Crippen molar-refractivity contribution in [3.63, 3.8) is 0 Å². The van der Waals surface area contributed by atoms with Crippen LogP contribution in [0.15, 0.2) is 53.6 Å². The lowest BCUT2D eigenvalue weighted by molar-refractivity contribution is 0.859. The fourth-order valence-electron chi connectivity index (χ4n) is 2.23. The van der Waals surface area contributed by atoms with Crippen LogP contribution in [0.25, 0.3) is 10.9 Å². The first-order valence-corrected chi connectivity index (χ1v) is 6.95. The lowest BCUT2D eigenvalue weighted by atomic mass is 10.1. The molecule has 0 saturated carbocycles. The number of halogens is 1. The summed E-state index contributed by atoms with van der Waals surface area (Å²) in [5.74, 6) is 0. The average molecular weight is 300 g/mol. The van der Waals surface area contributed by atoms with Gasteiger partial charge < -0.3 is 9.88 Å². The van der Waals surface area contributed by atoms with Crippen LogP contribution in [-0.4, -0.2) is 9.55 Å². The van der Waals surface area contributed by atoms with E-state index in [1.165, 1.54) is 0 Å². The highest BCUT2D eigenvalue weighted by molar-refractivity contribution is 6.35. The van der Waals surface area contributed by atoms with Crippen LogP contribution in [0.2, 0.25) is 5.02 Å². The number of aromatic nitrogens is 2. The molecule has 0 unspecified atom stereocenters. The maximum absolute atomic E-state index is 11.4. The van der Waals surface area contributed by atoms with Gasteiger partial charge in [-0.05, 0) is 29.8 Å². The minimum atomic E-state index is -0.0286. The van der Waals surface area contributed by atoms with Gasteiger partial charge in [-0.1, -0.05) is 17.7 Å². The van der Waals surface area contributed by atoms with Crippen molar-refractivity contribution in [3.05, 3.63) is 69.7 Å². The van der Waals surface area contributed by atoms with Crippen molar-refractivity contribution in [2.75, 3.05) is 5.32 Å². The van der Waals surface area contributed by atoms with E-state index in [1.54, 1.807) is 36.1 Å². The van der Waals surface area contributed by atoms with Crippen LogP contribution in [0.3, 0.4) is 0 Å². The molecule has 0 radical (unpaired) electrons. The number of fused-ring (bicyclic) bond motifs is 1. The minimum Gasteiger partial charge on any atom is -0.380 e. The summed E-state index contributed by atoms with van der Waals surface area (Å²) >= 11 is 6.19. The Hall–Kier alpha value is -2.33. The minimum absolute atomic E-state index is 0.0286. The number of aryl methyl sites for hydroxylation is 1. The molecule has 0 aliphatic heterocycles. The van der Waals surface area contributed by atoms with Crippen molar-refractivity contribution in [1.29, 1.82) is 0 Å². The summed E-state index contributed by atoms with van der Waals surface area (Å²) < 4.78 is 1.54. The number of benzene rings is 1. The summed E-state index contributed by atoms with van der Waals surface area (Å²) in [5, 5.41) is 4.94. The maximum atomic E-state index is 11.4. The fourth-order valence-corrected chi connectivity index (χ4v) is 2.45. The molecule has 3 aromatic rings. The van der Waals surface area contributed by atoms with Crippen molar-refractivity contribution in [1.82, 2.24) is 9.55 Å². The first kappa shape index (κ1) is 13.6. The summed E-state index contributed by atoms with van der Waals surface area (Å²) in [6, 6.07) is 11.0. The van der Waals surface area contributed by atoms with E-state index in [4.69, 9.17) is 11.6 Å². The van der Waals surface area contributed by atoms with Crippen molar-refractivity contribution in [3.8, 4) is 0 Å². The second-order valence-electron chi connectivity index (χ2n) is 4.83. The summed E-state index contributed by atoms with van der Waals surface area (Å²) in [6.07, 6.45) is 3.53. The molecule has 0 aliphatic carbocycles. The molecule has 1 N–H and O–H groups in total. The van der Waals surface area contributed by atoms with Gasteiger partial charge in [-0.25, -0.2) is 0 Å². The van der Waals surface area contributed by atoms with Crippen LogP contribution in [0.5, 0.6) is 0 Å².